The molecule has 3 heteroatoms. The zero-order valence-corrected chi connectivity index (χ0v) is 10.4. The average molecular weight is 214 g/mol. The van der Waals surface area contributed by atoms with Gasteiger partial charge in [0.2, 0.25) is 5.91 Å². The second-order valence-electron chi connectivity index (χ2n) is 4.46. The number of carbonyl (C=O) groups excluding carboxylic acids is 1. The van der Waals surface area contributed by atoms with Crippen molar-refractivity contribution in [2.45, 2.75) is 58.9 Å². The maximum atomic E-state index is 11.4. The summed E-state index contributed by atoms with van der Waals surface area (Å²) in [7, 11) is 0. The second-order valence-corrected chi connectivity index (χ2v) is 4.46. The molecular weight excluding hydrogens is 188 g/mol. The van der Waals surface area contributed by atoms with E-state index in [1.165, 1.54) is 6.42 Å². The van der Waals surface area contributed by atoms with Crippen molar-refractivity contribution in [3.8, 4) is 0 Å². The lowest BCUT2D eigenvalue weighted by atomic mass is 10.0. The third-order valence-electron chi connectivity index (χ3n) is 2.72. The first-order valence-electron chi connectivity index (χ1n) is 6.09. The molecule has 0 fully saturated rings. The highest BCUT2D eigenvalue weighted by Gasteiger charge is 2.09. The van der Waals surface area contributed by atoms with Crippen molar-refractivity contribution < 1.29 is 4.79 Å². The molecule has 2 unspecified atom stereocenters. The first kappa shape index (κ1) is 14.4. The zero-order chi connectivity index (χ0) is 11.7. The third-order valence-corrected chi connectivity index (χ3v) is 2.72. The monoisotopic (exact) mass is 214 g/mol. The lowest BCUT2D eigenvalue weighted by Crippen LogP contribution is -2.33. The van der Waals surface area contributed by atoms with E-state index in [2.05, 4.69) is 26.1 Å². The van der Waals surface area contributed by atoms with E-state index in [9.17, 15) is 4.79 Å². The Bertz CT molecular complexity index is 171. The minimum atomic E-state index is 0.166. The topological polar surface area (TPSA) is 55.1 Å². The smallest absolute Gasteiger partial charge is 0.220 e. The molecule has 0 spiro atoms. The number of amides is 1. The van der Waals surface area contributed by atoms with Crippen LogP contribution in [0, 0.1) is 5.92 Å². The number of unbranched alkanes of at least 4 members (excludes halogenated alkanes) is 1. The molecule has 0 aliphatic heterocycles. The van der Waals surface area contributed by atoms with Crippen molar-refractivity contribution in [3.63, 3.8) is 0 Å². The summed E-state index contributed by atoms with van der Waals surface area (Å²) in [5, 5.41) is 3.02. The van der Waals surface area contributed by atoms with Crippen LogP contribution in [-0.4, -0.2) is 18.5 Å². The zero-order valence-electron chi connectivity index (χ0n) is 10.4. The van der Waals surface area contributed by atoms with E-state index in [1.54, 1.807) is 0 Å². The number of hydrogen-bond donors (Lipinski definition) is 2. The van der Waals surface area contributed by atoms with Crippen LogP contribution < -0.4 is 11.1 Å². The van der Waals surface area contributed by atoms with Crippen molar-refractivity contribution in [2.24, 2.45) is 11.7 Å². The van der Waals surface area contributed by atoms with E-state index < -0.39 is 0 Å². The highest BCUT2D eigenvalue weighted by atomic mass is 16.1. The summed E-state index contributed by atoms with van der Waals surface area (Å²) in [5.41, 5.74) is 5.37. The van der Waals surface area contributed by atoms with Crippen LogP contribution in [0.1, 0.15) is 52.9 Å². The van der Waals surface area contributed by atoms with E-state index in [4.69, 9.17) is 5.73 Å². The number of hydrogen-bond acceptors (Lipinski definition) is 2. The standard InChI is InChI=1S/C12H26N2O/c1-4-10(2)9-11(3)14-12(15)7-5-6-8-13/h10-11H,4-9,13H2,1-3H3,(H,14,15). The van der Waals surface area contributed by atoms with E-state index in [0.717, 1.165) is 19.3 Å². The fourth-order valence-electron chi connectivity index (χ4n) is 1.61. The van der Waals surface area contributed by atoms with Gasteiger partial charge in [-0.05, 0) is 38.6 Å². The maximum absolute atomic E-state index is 11.4. The highest BCUT2D eigenvalue weighted by molar-refractivity contribution is 5.76. The van der Waals surface area contributed by atoms with Gasteiger partial charge in [0.1, 0.15) is 0 Å². The Hall–Kier alpha value is -0.570. The van der Waals surface area contributed by atoms with Gasteiger partial charge < -0.3 is 11.1 Å². The summed E-state index contributed by atoms with van der Waals surface area (Å²) >= 11 is 0. The van der Waals surface area contributed by atoms with Crippen molar-refractivity contribution in [2.75, 3.05) is 6.54 Å². The van der Waals surface area contributed by atoms with Gasteiger partial charge in [-0.15, -0.1) is 0 Å². The van der Waals surface area contributed by atoms with Crippen LogP contribution in [-0.2, 0) is 4.79 Å². The minimum Gasteiger partial charge on any atom is -0.354 e. The lowest BCUT2D eigenvalue weighted by molar-refractivity contribution is -0.121. The van der Waals surface area contributed by atoms with Crippen molar-refractivity contribution >= 4 is 5.91 Å². The van der Waals surface area contributed by atoms with Gasteiger partial charge in [-0.25, -0.2) is 0 Å². The van der Waals surface area contributed by atoms with E-state index in [-0.39, 0.29) is 5.91 Å². The quantitative estimate of drug-likeness (QED) is 0.608. The molecule has 0 saturated carbocycles. The molecule has 3 N–H and O–H groups in total. The largest absolute Gasteiger partial charge is 0.354 e. The molecule has 0 aromatic carbocycles. The molecular formula is C12H26N2O. The van der Waals surface area contributed by atoms with Gasteiger partial charge in [-0.1, -0.05) is 20.3 Å². The summed E-state index contributed by atoms with van der Waals surface area (Å²) in [6.07, 6.45) is 4.69. The summed E-state index contributed by atoms with van der Waals surface area (Å²) in [6.45, 7) is 7.15. The highest BCUT2D eigenvalue weighted by Crippen LogP contribution is 2.09. The van der Waals surface area contributed by atoms with Crippen LogP contribution in [0.25, 0.3) is 0 Å². The average Bonchev–Trinajstić information content (AvgIpc) is 2.17. The lowest BCUT2D eigenvalue weighted by Gasteiger charge is -2.17. The fraction of sp³-hybridized carbons (Fsp3) is 0.917. The molecule has 0 radical (unpaired) electrons. The minimum absolute atomic E-state index is 0.166. The van der Waals surface area contributed by atoms with Gasteiger partial charge >= 0.3 is 0 Å². The first-order chi connectivity index (χ1) is 7.10. The Balaban J connectivity index is 3.57. The van der Waals surface area contributed by atoms with E-state index >= 15 is 0 Å². The van der Waals surface area contributed by atoms with Gasteiger partial charge in [0, 0.05) is 12.5 Å². The fourth-order valence-corrected chi connectivity index (χ4v) is 1.61. The SMILES string of the molecule is CCC(C)CC(C)NC(=O)CCCCN. The van der Waals surface area contributed by atoms with Gasteiger partial charge in [0.15, 0.2) is 0 Å². The molecule has 1 amide bonds. The molecule has 15 heavy (non-hydrogen) atoms. The van der Waals surface area contributed by atoms with Gasteiger partial charge in [0.05, 0.1) is 0 Å². The maximum Gasteiger partial charge on any atom is 0.220 e. The molecule has 3 nitrogen and oxygen atoms in total. The molecule has 2 atom stereocenters. The molecule has 0 heterocycles. The summed E-state index contributed by atoms with van der Waals surface area (Å²) in [6, 6.07) is 0.297. The van der Waals surface area contributed by atoms with Crippen LogP contribution >= 0.6 is 0 Å². The van der Waals surface area contributed by atoms with Crippen LogP contribution in [0.3, 0.4) is 0 Å². The van der Waals surface area contributed by atoms with Crippen molar-refractivity contribution in [1.82, 2.24) is 5.32 Å². The number of carbonyl (C=O) groups is 1. The van der Waals surface area contributed by atoms with E-state index in [0.29, 0.717) is 24.9 Å². The molecule has 0 rings (SSSR count). The summed E-state index contributed by atoms with van der Waals surface area (Å²) < 4.78 is 0. The Morgan fingerprint density at radius 3 is 2.53 bits per heavy atom. The predicted octanol–water partition coefficient (Wildman–Crippen LogP) is 2.06. The molecule has 0 aliphatic carbocycles. The number of nitrogens with two attached hydrogens (primary N) is 1. The third kappa shape index (κ3) is 8.43. The molecule has 0 saturated heterocycles. The van der Waals surface area contributed by atoms with Gasteiger partial charge in [-0.3, -0.25) is 4.79 Å². The predicted molar refractivity (Wildman–Crippen MR) is 64.6 cm³/mol. The number of nitrogens with one attached hydrogen (secondary N) is 1. The van der Waals surface area contributed by atoms with Crippen LogP contribution in [0.15, 0.2) is 0 Å². The Kier molecular flexibility index (Phi) is 8.38. The Labute approximate surface area is 93.8 Å². The molecule has 0 aliphatic rings. The van der Waals surface area contributed by atoms with Crippen LogP contribution in [0.4, 0.5) is 0 Å². The van der Waals surface area contributed by atoms with Crippen molar-refractivity contribution in [3.05, 3.63) is 0 Å². The Morgan fingerprint density at radius 2 is 2.00 bits per heavy atom. The van der Waals surface area contributed by atoms with E-state index in [1.807, 2.05) is 0 Å². The summed E-state index contributed by atoms with van der Waals surface area (Å²) in [4.78, 5) is 11.4. The molecule has 0 aromatic rings. The van der Waals surface area contributed by atoms with Crippen molar-refractivity contribution in [1.29, 1.82) is 0 Å². The van der Waals surface area contributed by atoms with Gasteiger partial charge in [0.25, 0.3) is 0 Å². The number of rotatable bonds is 8. The second kappa shape index (κ2) is 8.72. The first-order valence-corrected chi connectivity index (χ1v) is 6.09. The Morgan fingerprint density at radius 1 is 1.33 bits per heavy atom. The van der Waals surface area contributed by atoms with Crippen LogP contribution in [0.5, 0.6) is 0 Å². The molecule has 0 aromatic heterocycles. The molecule has 0 bridgehead atoms. The normalized spacial score (nSPS) is 14.7. The van der Waals surface area contributed by atoms with Gasteiger partial charge in [-0.2, -0.15) is 0 Å². The summed E-state index contributed by atoms with van der Waals surface area (Å²) in [5.74, 6) is 0.851. The molecule has 90 valence electrons. The van der Waals surface area contributed by atoms with Crippen LogP contribution in [0.2, 0.25) is 0 Å².